The third-order valence-corrected chi connectivity index (χ3v) is 6.01. The van der Waals surface area contributed by atoms with E-state index < -0.39 is 0 Å². The fourth-order valence-electron chi connectivity index (χ4n) is 3.22. The molecule has 1 aromatic heterocycles. The minimum absolute atomic E-state index is 0. The van der Waals surface area contributed by atoms with Crippen molar-refractivity contribution in [2.45, 2.75) is 38.6 Å². The van der Waals surface area contributed by atoms with Crippen molar-refractivity contribution in [3.05, 3.63) is 22.4 Å². The molecule has 25 heavy (non-hydrogen) atoms. The fraction of sp³-hybridized carbons (Fsp3) is 0.722. The molecule has 1 atom stereocenters. The maximum Gasteiger partial charge on any atom is 0.234 e. The van der Waals surface area contributed by atoms with Crippen LogP contribution in [0.2, 0.25) is 0 Å². The Bertz CT molecular complexity index is 489. The normalized spacial score (nSPS) is 19.6. The lowest BCUT2D eigenvalue weighted by molar-refractivity contribution is -0.120. The summed E-state index contributed by atoms with van der Waals surface area (Å²) in [7, 11) is 0. The number of likely N-dealkylation sites (tertiary alicyclic amines) is 1. The molecule has 4 nitrogen and oxygen atoms in total. The first-order chi connectivity index (χ1) is 11.2. The van der Waals surface area contributed by atoms with Gasteiger partial charge in [0, 0.05) is 11.4 Å². The van der Waals surface area contributed by atoms with E-state index in [2.05, 4.69) is 40.0 Å². The fourth-order valence-corrected chi connectivity index (χ4v) is 4.08. The smallest absolute Gasteiger partial charge is 0.234 e. The molecule has 7 heteroatoms. The largest absolute Gasteiger partial charge is 0.353 e. The average Bonchev–Trinajstić information content (AvgIpc) is 3.21. The van der Waals surface area contributed by atoms with Crippen molar-refractivity contribution >= 4 is 42.1 Å². The standard InChI is InChI=1S/C18H29N3OS.2ClH/c1-14-6-8-21(9-7-14)16(17-3-2-10-23-17)12-20-18(22)13-19-11-15-4-5-15;;/h2-3,10,14-16,19H,4-9,11-13H2,1H3,(H,20,22);2*1H. The summed E-state index contributed by atoms with van der Waals surface area (Å²) in [4.78, 5) is 16.0. The summed E-state index contributed by atoms with van der Waals surface area (Å²) >= 11 is 1.80. The predicted molar refractivity (Wildman–Crippen MR) is 110 cm³/mol. The number of piperidine rings is 1. The van der Waals surface area contributed by atoms with Crippen molar-refractivity contribution in [1.82, 2.24) is 15.5 Å². The zero-order chi connectivity index (χ0) is 16.1. The predicted octanol–water partition coefficient (Wildman–Crippen LogP) is 3.48. The molecule has 0 spiro atoms. The third-order valence-electron chi connectivity index (χ3n) is 5.04. The summed E-state index contributed by atoms with van der Waals surface area (Å²) < 4.78 is 0. The molecule has 3 rings (SSSR count). The van der Waals surface area contributed by atoms with Gasteiger partial charge in [-0.05, 0) is 68.6 Å². The minimum Gasteiger partial charge on any atom is -0.353 e. The van der Waals surface area contributed by atoms with E-state index in [9.17, 15) is 4.79 Å². The summed E-state index contributed by atoms with van der Waals surface area (Å²) in [5, 5.41) is 8.54. The first-order valence-electron chi connectivity index (χ1n) is 8.97. The van der Waals surface area contributed by atoms with Gasteiger partial charge in [-0.2, -0.15) is 0 Å². The number of carbonyl (C=O) groups is 1. The maximum atomic E-state index is 12.1. The monoisotopic (exact) mass is 407 g/mol. The molecular weight excluding hydrogens is 377 g/mol. The van der Waals surface area contributed by atoms with Gasteiger partial charge in [0.25, 0.3) is 0 Å². The van der Waals surface area contributed by atoms with E-state index in [0.717, 1.165) is 38.0 Å². The summed E-state index contributed by atoms with van der Waals surface area (Å²) in [6.07, 6.45) is 5.17. The van der Waals surface area contributed by atoms with Crippen molar-refractivity contribution in [3.8, 4) is 0 Å². The quantitative estimate of drug-likeness (QED) is 0.692. The van der Waals surface area contributed by atoms with Crippen molar-refractivity contribution < 1.29 is 4.79 Å². The molecule has 0 radical (unpaired) electrons. The van der Waals surface area contributed by atoms with E-state index in [1.807, 2.05) is 0 Å². The van der Waals surface area contributed by atoms with Gasteiger partial charge in [0.1, 0.15) is 0 Å². The molecule has 0 bridgehead atoms. The van der Waals surface area contributed by atoms with Crippen LogP contribution in [0, 0.1) is 11.8 Å². The number of carbonyl (C=O) groups excluding carboxylic acids is 1. The van der Waals surface area contributed by atoms with Gasteiger partial charge in [0.2, 0.25) is 5.91 Å². The van der Waals surface area contributed by atoms with E-state index in [4.69, 9.17) is 0 Å². The Kier molecular flexibility index (Phi) is 10.4. The first-order valence-corrected chi connectivity index (χ1v) is 9.85. The second-order valence-electron chi connectivity index (χ2n) is 7.13. The Balaban J connectivity index is 0.00000156. The zero-order valence-corrected chi connectivity index (χ0v) is 17.4. The molecule has 1 aliphatic carbocycles. The van der Waals surface area contributed by atoms with Crippen LogP contribution in [0.4, 0.5) is 0 Å². The number of hydrogen-bond donors (Lipinski definition) is 2. The molecule has 1 saturated carbocycles. The third kappa shape index (κ3) is 7.43. The van der Waals surface area contributed by atoms with Gasteiger partial charge < -0.3 is 10.6 Å². The maximum absolute atomic E-state index is 12.1. The van der Waals surface area contributed by atoms with Crippen LogP contribution in [0.5, 0.6) is 0 Å². The van der Waals surface area contributed by atoms with Gasteiger partial charge in [-0.25, -0.2) is 0 Å². The van der Waals surface area contributed by atoms with E-state index in [1.54, 1.807) is 11.3 Å². The van der Waals surface area contributed by atoms with Gasteiger partial charge in [0.05, 0.1) is 12.6 Å². The SMILES string of the molecule is CC1CCN(C(CNC(=O)CNCC2CC2)c2cccs2)CC1.Cl.Cl. The Morgan fingerprint density at radius 3 is 2.60 bits per heavy atom. The Hall–Kier alpha value is -0.330. The number of halogens is 2. The Morgan fingerprint density at radius 2 is 2.00 bits per heavy atom. The highest BCUT2D eigenvalue weighted by molar-refractivity contribution is 7.10. The van der Waals surface area contributed by atoms with Crippen LogP contribution in [0.3, 0.4) is 0 Å². The molecule has 0 aromatic carbocycles. The summed E-state index contributed by atoms with van der Waals surface area (Å²) in [5.41, 5.74) is 0. The van der Waals surface area contributed by atoms with Crippen LogP contribution < -0.4 is 10.6 Å². The minimum atomic E-state index is 0. The Labute approximate surface area is 167 Å². The molecule has 2 N–H and O–H groups in total. The van der Waals surface area contributed by atoms with Gasteiger partial charge in [0.15, 0.2) is 0 Å². The van der Waals surface area contributed by atoms with Gasteiger partial charge in [-0.15, -0.1) is 36.2 Å². The van der Waals surface area contributed by atoms with Crippen LogP contribution in [-0.2, 0) is 4.79 Å². The van der Waals surface area contributed by atoms with E-state index in [1.165, 1.54) is 30.6 Å². The average molecular weight is 408 g/mol. The lowest BCUT2D eigenvalue weighted by atomic mass is 9.97. The molecule has 1 amide bonds. The number of hydrogen-bond acceptors (Lipinski definition) is 4. The highest BCUT2D eigenvalue weighted by atomic mass is 35.5. The van der Waals surface area contributed by atoms with Crippen molar-refractivity contribution in [1.29, 1.82) is 0 Å². The van der Waals surface area contributed by atoms with Gasteiger partial charge in [-0.3, -0.25) is 9.69 Å². The van der Waals surface area contributed by atoms with Gasteiger partial charge in [-0.1, -0.05) is 13.0 Å². The van der Waals surface area contributed by atoms with Crippen molar-refractivity contribution in [3.63, 3.8) is 0 Å². The number of rotatable bonds is 8. The number of nitrogens with zero attached hydrogens (tertiary/aromatic N) is 1. The number of thiophene rings is 1. The summed E-state index contributed by atoms with van der Waals surface area (Å²) in [6.45, 7) is 6.78. The number of nitrogens with one attached hydrogen (secondary N) is 2. The highest BCUT2D eigenvalue weighted by Crippen LogP contribution is 2.29. The molecular formula is C18H31Cl2N3OS. The molecule has 2 heterocycles. The zero-order valence-electron chi connectivity index (χ0n) is 14.9. The topological polar surface area (TPSA) is 44.4 Å². The van der Waals surface area contributed by atoms with Crippen molar-refractivity contribution in [2.24, 2.45) is 11.8 Å². The molecule has 1 aliphatic heterocycles. The molecule has 144 valence electrons. The second-order valence-corrected chi connectivity index (χ2v) is 8.11. The lowest BCUT2D eigenvalue weighted by Gasteiger charge is -2.36. The molecule has 1 unspecified atom stereocenters. The van der Waals surface area contributed by atoms with Crippen LogP contribution in [-0.4, -0.2) is 43.5 Å². The Morgan fingerprint density at radius 1 is 1.28 bits per heavy atom. The molecule has 1 saturated heterocycles. The van der Waals surface area contributed by atoms with E-state index >= 15 is 0 Å². The molecule has 2 aliphatic rings. The van der Waals surface area contributed by atoms with Crippen molar-refractivity contribution in [2.75, 3.05) is 32.7 Å². The van der Waals surface area contributed by atoms with Crippen LogP contribution in [0.25, 0.3) is 0 Å². The van der Waals surface area contributed by atoms with Crippen LogP contribution in [0.15, 0.2) is 17.5 Å². The first kappa shape index (κ1) is 22.7. The van der Waals surface area contributed by atoms with Gasteiger partial charge >= 0.3 is 0 Å². The molecule has 2 fully saturated rings. The molecule has 1 aromatic rings. The van der Waals surface area contributed by atoms with E-state index in [-0.39, 0.29) is 30.7 Å². The lowest BCUT2D eigenvalue weighted by Crippen LogP contribution is -2.43. The summed E-state index contributed by atoms with van der Waals surface area (Å²) in [6, 6.07) is 4.64. The van der Waals surface area contributed by atoms with Crippen LogP contribution in [0.1, 0.15) is 43.5 Å². The second kappa shape index (κ2) is 11.4. The number of amides is 1. The van der Waals surface area contributed by atoms with E-state index in [0.29, 0.717) is 12.6 Å². The summed E-state index contributed by atoms with van der Waals surface area (Å²) in [5.74, 6) is 1.77. The highest BCUT2D eigenvalue weighted by Gasteiger charge is 2.26. The van der Waals surface area contributed by atoms with Crippen LogP contribution >= 0.6 is 36.2 Å².